The summed E-state index contributed by atoms with van der Waals surface area (Å²) in [6, 6.07) is 7.84. The summed E-state index contributed by atoms with van der Waals surface area (Å²) in [6.07, 6.45) is 13.3. The molecule has 4 unspecified atom stereocenters. The minimum atomic E-state index is -0.320. The number of hydrogen-bond acceptors (Lipinski definition) is 8. The van der Waals surface area contributed by atoms with Gasteiger partial charge in [-0.2, -0.15) is 0 Å². The third kappa shape index (κ3) is 6.76. The second-order valence-corrected chi connectivity index (χ2v) is 12.4. The maximum atomic E-state index is 11.9. The van der Waals surface area contributed by atoms with E-state index in [1.165, 1.54) is 25.7 Å². The van der Waals surface area contributed by atoms with E-state index in [1.54, 1.807) is 11.8 Å². The van der Waals surface area contributed by atoms with Crippen molar-refractivity contribution in [2.45, 2.75) is 107 Å². The van der Waals surface area contributed by atoms with Crippen LogP contribution < -0.4 is 11.1 Å². The zero-order valence-corrected chi connectivity index (χ0v) is 23.1. The fourth-order valence-corrected chi connectivity index (χ4v) is 7.60. The highest BCUT2D eigenvalue weighted by Gasteiger charge is 2.34. The van der Waals surface area contributed by atoms with Crippen LogP contribution >= 0.6 is 11.8 Å². The molecule has 0 radical (unpaired) electrons. The van der Waals surface area contributed by atoms with Gasteiger partial charge in [-0.05, 0) is 62.1 Å². The van der Waals surface area contributed by atoms with Crippen molar-refractivity contribution in [3.63, 3.8) is 0 Å². The Morgan fingerprint density at radius 2 is 1.92 bits per heavy atom. The Labute approximate surface area is 230 Å². The first kappa shape index (κ1) is 27.6. The number of benzene rings is 1. The van der Waals surface area contributed by atoms with E-state index in [2.05, 4.69) is 5.32 Å². The SMILES string of the molecule is NCc1ccc(-c2nc(COC3CCCC(CCC4SCNC4C(=O)C=O)C3)c(C3CCCCC3)o2)cc1. The molecule has 1 aliphatic heterocycles. The van der Waals surface area contributed by atoms with E-state index < -0.39 is 0 Å². The fraction of sp³-hybridized carbons (Fsp3) is 0.633. The maximum absolute atomic E-state index is 11.9. The van der Waals surface area contributed by atoms with E-state index in [0.717, 1.165) is 73.4 Å². The lowest BCUT2D eigenvalue weighted by atomic mass is 9.83. The molecule has 3 aliphatic rings. The number of nitrogens with one attached hydrogen (secondary N) is 1. The van der Waals surface area contributed by atoms with Crippen molar-refractivity contribution < 1.29 is 18.7 Å². The highest BCUT2D eigenvalue weighted by atomic mass is 32.2. The van der Waals surface area contributed by atoms with Crippen LogP contribution in [0.5, 0.6) is 0 Å². The van der Waals surface area contributed by atoms with Crippen LogP contribution in [0.1, 0.15) is 93.6 Å². The van der Waals surface area contributed by atoms with Crippen molar-refractivity contribution in [3.8, 4) is 11.5 Å². The normalized spacial score (nSPS) is 26.4. The monoisotopic (exact) mass is 539 g/mol. The maximum Gasteiger partial charge on any atom is 0.226 e. The van der Waals surface area contributed by atoms with E-state index in [0.29, 0.717) is 37.2 Å². The number of rotatable bonds is 11. The number of thioether (sulfide) groups is 1. The molecular weight excluding hydrogens is 498 g/mol. The van der Waals surface area contributed by atoms with Crippen LogP contribution in [-0.2, 0) is 27.5 Å². The smallest absolute Gasteiger partial charge is 0.226 e. The molecule has 1 aromatic heterocycles. The Bertz CT molecular complexity index is 1070. The predicted molar refractivity (Wildman–Crippen MR) is 150 cm³/mol. The third-order valence-corrected chi connectivity index (χ3v) is 9.85. The van der Waals surface area contributed by atoms with Gasteiger partial charge in [-0.1, -0.05) is 44.2 Å². The summed E-state index contributed by atoms with van der Waals surface area (Å²) in [5.74, 6) is 3.13. The first-order valence-electron chi connectivity index (χ1n) is 14.4. The number of ether oxygens (including phenoxy) is 1. The number of nitrogens with two attached hydrogens (primary N) is 1. The van der Waals surface area contributed by atoms with Gasteiger partial charge in [0.15, 0.2) is 6.29 Å². The second kappa shape index (κ2) is 13.4. The minimum Gasteiger partial charge on any atom is -0.440 e. The highest BCUT2D eigenvalue weighted by Crippen LogP contribution is 2.38. The molecule has 0 spiro atoms. The Balaban J connectivity index is 1.20. The highest BCUT2D eigenvalue weighted by molar-refractivity contribution is 8.00. The van der Waals surface area contributed by atoms with Crippen molar-refractivity contribution in [2.24, 2.45) is 11.7 Å². The van der Waals surface area contributed by atoms with Gasteiger partial charge < -0.3 is 14.9 Å². The predicted octanol–water partition coefficient (Wildman–Crippen LogP) is 5.50. The molecule has 1 aromatic carbocycles. The lowest BCUT2D eigenvalue weighted by molar-refractivity contribution is -0.131. The summed E-state index contributed by atoms with van der Waals surface area (Å²) in [5.41, 5.74) is 8.81. The van der Waals surface area contributed by atoms with Gasteiger partial charge in [-0.3, -0.25) is 14.9 Å². The number of hydrogen-bond donors (Lipinski definition) is 2. The molecule has 2 heterocycles. The number of ketones is 1. The van der Waals surface area contributed by atoms with Crippen LogP contribution in [-0.4, -0.2) is 40.3 Å². The summed E-state index contributed by atoms with van der Waals surface area (Å²) < 4.78 is 12.9. The molecular formula is C30H41N3O4S. The molecule has 38 heavy (non-hydrogen) atoms. The molecule has 2 aromatic rings. The average Bonchev–Trinajstić information content (AvgIpc) is 3.63. The molecule has 206 valence electrons. The largest absolute Gasteiger partial charge is 0.440 e. The van der Waals surface area contributed by atoms with Crippen molar-refractivity contribution in [1.29, 1.82) is 0 Å². The lowest BCUT2D eigenvalue weighted by Crippen LogP contribution is -2.39. The molecule has 2 aliphatic carbocycles. The van der Waals surface area contributed by atoms with E-state index in [4.69, 9.17) is 19.9 Å². The van der Waals surface area contributed by atoms with Crippen LogP contribution in [0.3, 0.4) is 0 Å². The van der Waals surface area contributed by atoms with E-state index in [-0.39, 0.29) is 23.2 Å². The number of nitrogens with zero attached hydrogens (tertiary/aromatic N) is 1. The van der Waals surface area contributed by atoms with Crippen LogP contribution in [0, 0.1) is 5.92 Å². The lowest BCUT2D eigenvalue weighted by Gasteiger charge is -2.30. The first-order chi connectivity index (χ1) is 18.6. The van der Waals surface area contributed by atoms with Gasteiger partial charge in [0.25, 0.3) is 0 Å². The summed E-state index contributed by atoms with van der Waals surface area (Å²) in [5, 5.41) is 3.37. The first-order valence-corrected chi connectivity index (χ1v) is 15.4. The van der Waals surface area contributed by atoms with Gasteiger partial charge in [-0.15, -0.1) is 11.8 Å². The molecule has 3 N–H and O–H groups in total. The Hall–Kier alpha value is -2.00. The summed E-state index contributed by atoms with van der Waals surface area (Å²) in [6.45, 7) is 1.01. The number of oxazole rings is 1. The molecule has 4 atom stereocenters. The average molecular weight is 540 g/mol. The quantitative estimate of drug-likeness (QED) is 0.285. The molecule has 3 fully saturated rings. The third-order valence-electron chi connectivity index (χ3n) is 8.59. The standard InChI is InChI=1S/C30H41N3O4S/c31-16-21-9-12-23(13-10-21)30-33-25(29(37-30)22-6-2-1-3-7-22)18-36-24-8-4-5-20(15-24)11-14-27-28(26(35)17-34)32-19-38-27/h9-10,12-13,17,20,22,24,27-28,32H,1-8,11,14-16,18-19,31H2. The van der Waals surface area contributed by atoms with Crippen molar-refractivity contribution in [1.82, 2.24) is 10.3 Å². The van der Waals surface area contributed by atoms with E-state index in [9.17, 15) is 9.59 Å². The van der Waals surface area contributed by atoms with Crippen LogP contribution in [0.25, 0.3) is 11.5 Å². The summed E-state index contributed by atoms with van der Waals surface area (Å²) in [4.78, 5) is 27.8. The van der Waals surface area contributed by atoms with Gasteiger partial charge in [0, 0.05) is 29.2 Å². The zero-order chi connectivity index (χ0) is 26.3. The topological polar surface area (TPSA) is 107 Å². The Morgan fingerprint density at radius 3 is 2.68 bits per heavy atom. The number of carbonyl (C=O) groups excluding carboxylic acids is 2. The Morgan fingerprint density at radius 1 is 1.11 bits per heavy atom. The molecule has 0 amide bonds. The summed E-state index contributed by atoms with van der Waals surface area (Å²) in [7, 11) is 0. The van der Waals surface area contributed by atoms with E-state index >= 15 is 0 Å². The van der Waals surface area contributed by atoms with Crippen molar-refractivity contribution in [2.75, 3.05) is 5.88 Å². The van der Waals surface area contributed by atoms with Crippen LogP contribution in [0.4, 0.5) is 0 Å². The van der Waals surface area contributed by atoms with Gasteiger partial charge in [0.1, 0.15) is 11.5 Å². The Kier molecular flexibility index (Phi) is 9.70. The van der Waals surface area contributed by atoms with Crippen molar-refractivity contribution in [3.05, 3.63) is 41.3 Å². The van der Waals surface area contributed by atoms with Gasteiger partial charge in [0.2, 0.25) is 11.7 Å². The second-order valence-electron chi connectivity index (χ2n) is 11.2. The molecule has 7 nitrogen and oxygen atoms in total. The molecule has 2 saturated carbocycles. The van der Waals surface area contributed by atoms with Gasteiger partial charge in [0.05, 0.1) is 18.8 Å². The molecule has 5 rings (SSSR count). The fourth-order valence-electron chi connectivity index (χ4n) is 6.39. The number of Topliss-reactive ketones (excluding diaryl/α,β-unsaturated/α-hetero) is 1. The van der Waals surface area contributed by atoms with Gasteiger partial charge in [-0.25, -0.2) is 4.98 Å². The van der Waals surface area contributed by atoms with E-state index in [1.807, 2.05) is 24.3 Å². The summed E-state index contributed by atoms with van der Waals surface area (Å²) >= 11 is 1.76. The number of carbonyl (C=O) groups is 2. The molecule has 1 saturated heterocycles. The van der Waals surface area contributed by atoms with Crippen LogP contribution in [0.2, 0.25) is 0 Å². The van der Waals surface area contributed by atoms with Gasteiger partial charge >= 0.3 is 0 Å². The minimum absolute atomic E-state index is 0.194. The van der Waals surface area contributed by atoms with Crippen LogP contribution in [0.15, 0.2) is 28.7 Å². The molecule has 8 heteroatoms. The zero-order valence-electron chi connectivity index (χ0n) is 22.2. The number of aldehydes is 1. The van der Waals surface area contributed by atoms with Crippen molar-refractivity contribution >= 4 is 23.8 Å². The number of aromatic nitrogens is 1. The molecule has 0 bridgehead atoms.